The predicted octanol–water partition coefficient (Wildman–Crippen LogP) is 4.07. The van der Waals surface area contributed by atoms with Crippen LogP contribution in [0.5, 0.6) is 0 Å². The Hall–Kier alpha value is -4.79. The van der Waals surface area contributed by atoms with Crippen LogP contribution in [-0.4, -0.2) is 38.1 Å². The molecule has 36 heavy (non-hydrogen) atoms. The van der Waals surface area contributed by atoms with Crippen molar-refractivity contribution in [3.05, 3.63) is 96.3 Å². The number of carbonyl (C=O) groups is 2. The molecule has 9 nitrogen and oxygen atoms in total. The summed E-state index contributed by atoms with van der Waals surface area (Å²) < 4.78 is 7.14. The lowest BCUT2D eigenvalue weighted by atomic mass is 10.1. The average molecular weight is 481 g/mol. The zero-order valence-corrected chi connectivity index (χ0v) is 19.6. The van der Waals surface area contributed by atoms with Crippen molar-refractivity contribution in [2.24, 2.45) is 0 Å². The lowest BCUT2D eigenvalue weighted by molar-refractivity contribution is -0.115. The maximum Gasteiger partial charge on any atom is 0.252 e. The van der Waals surface area contributed by atoms with Gasteiger partial charge in [0.25, 0.3) is 5.91 Å². The molecule has 0 saturated heterocycles. The molecule has 0 saturated carbocycles. The quantitative estimate of drug-likeness (QED) is 0.346. The third-order valence-corrected chi connectivity index (χ3v) is 5.78. The number of hydrogen-bond acceptors (Lipinski definition) is 6. The van der Waals surface area contributed by atoms with Gasteiger partial charge in [-0.1, -0.05) is 25.1 Å². The summed E-state index contributed by atoms with van der Waals surface area (Å²) in [5.74, 6) is 0.00294. The molecular weight excluding hydrogens is 456 g/mol. The van der Waals surface area contributed by atoms with Gasteiger partial charge in [-0.25, -0.2) is 9.67 Å². The van der Waals surface area contributed by atoms with Gasteiger partial charge in [0.1, 0.15) is 12.3 Å². The molecule has 4 aromatic heterocycles. The first-order valence-electron chi connectivity index (χ1n) is 11.6. The van der Waals surface area contributed by atoms with Crippen LogP contribution in [-0.2, 0) is 17.8 Å². The largest absolute Gasteiger partial charge is 0.467 e. The summed E-state index contributed by atoms with van der Waals surface area (Å²) >= 11 is 0. The highest BCUT2D eigenvalue weighted by atomic mass is 16.3. The summed E-state index contributed by atoms with van der Waals surface area (Å²) in [7, 11) is 0. The molecule has 180 valence electrons. The van der Waals surface area contributed by atoms with Gasteiger partial charge in [0, 0.05) is 23.6 Å². The summed E-state index contributed by atoms with van der Waals surface area (Å²) in [4.78, 5) is 34.8. The van der Waals surface area contributed by atoms with Gasteiger partial charge in [0.05, 0.1) is 35.6 Å². The number of amides is 2. The number of nitrogens with one attached hydrogen (secondary N) is 2. The van der Waals surface area contributed by atoms with E-state index in [1.54, 1.807) is 47.7 Å². The molecule has 0 aliphatic heterocycles. The smallest absolute Gasteiger partial charge is 0.252 e. The number of fused-ring (bicyclic) bond motifs is 1. The Morgan fingerprint density at radius 2 is 1.94 bits per heavy atom. The first-order valence-corrected chi connectivity index (χ1v) is 11.6. The fraction of sp³-hybridized carbons (Fsp3) is 0.148. The number of nitrogens with zero attached hydrogens (tertiary/aromatic N) is 4. The Balaban J connectivity index is 1.42. The number of furan rings is 1. The van der Waals surface area contributed by atoms with Crippen LogP contribution in [0, 0.1) is 0 Å². The molecule has 4 heterocycles. The molecule has 0 radical (unpaired) electrons. The first kappa shape index (κ1) is 23.0. The summed E-state index contributed by atoms with van der Waals surface area (Å²) in [6.45, 7) is 2.21. The van der Waals surface area contributed by atoms with Crippen LogP contribution in [0.1, 0.15) is 28.6 Å². The second-order valence-electron chi connectivity index (χ2n) is 8.16. The molecule has 0 atom stereocenters. The van der Waals surface area contributed by atoms with E-state index in [2.05, 4.69) is 20.7 Å². The second-order valence-corrected chi connectivity index (χ2v) is 8.16. The second kappa shape index (κ2) is 10.2. The van der Waals surface area contributed by atoms with Crippen molar-refractivity contribution in [2.75, 3.05) is 11.9 Å². The summed E-state index contributed by atoms with van der Waals surface area (Å²) in [5, 5.41) is 10.6. The normalized spacial score (nSPS) is 10.9. The average Bonchev–Trinajstić information content (AvgIpc) is 3.58. The maximum absolute atomic E-state index is 13.3. The topological polar surface area (TPSA) is 115 Å². The van der Waals surface area contributed by atoms with Gasteiger partial charge >= 0.3 is 0 Å². The summed E-state index contributed by atoms with van der Waals surface area (Å²) in [6, 6.07) is 16.6. The van der Waals surface area contributed by atoms with Gasteiger partial charge in [-0.15, -0.1) is 0 Å². The lowest BCUT2D eigenvalue weighted by Gasteiger charge is -2.11. The third kappa shape index (κ3) is 4.85. The molecule has 1 aromatic carbocycles. The Morgan fingerprint density at radius 1 is 1.06 bits per heavy atom. The van der Waals surface area contributed by atoms with Gasteiger partial charge < -0.3 is 15.1 Å². The van der Waals surface area contributed by atoms with Crippen molar-refractivity contribution >= 4 is 28.5 Å². The van der Waals surface area contributed by atoms with Crippen LogP contribution in [0.4, 0.5) is 5.69 Å². The van der Waals surface area contributed by atoms with Crippen molar-refractivity contribution in [2.45, 2.75) is 19.9 Å². The van der Waals surface area contributed by atoms with Gasteiger partial charge in [0.15, 0.2) is 5.65 Å². The van der Waals surface area contributed by atoms with E-state index in [9.17, 15) is 9.59 Å². The van der Waals surface area contributed by atoms with Gasteiger partial charge in [-0.2, -0.15) is 5.10 Å². The number of rotatable bonds is 8. The molecule has 9 heteroatoms. The van der Waals surface area contributed by atoms with Crippen LogP contribution in [0.25, 0.3) is 22.3 Å². The van der Waals surface area contributed by atoms with Gasteiger partial charge in [0.2, 0.25) is 5.91 Å². The molecule has 0 aliphatic rings. The van der Waals surface area contributed by atoms with E-state index in [-0.39, 0.29) is 12.5 Å². The highest BCUT2D eigenvalue weighted by Gasteiger charge is 2.19. The minimum absolute atomic E-state index is 0.177. The van der Waals surface area contributed by atoms with Crippen LogP contribution in [0.2, 0.25) is 0 Å². The molecule has 0 bridgehead atoms. The van der Waals surface area contributed by atoms with Crippen molar-refractivity contribution in [1.29, 1.82) is 0 Å². The van der Waals surface area contributed by atoms with E-state index in [1.807, 2.05) is 43.3 Å². The number of aromatic nitrogens is 4. The molecule has 0 aliphatic carbocycles. The molecule has 0 spiro atoms. The summed E-state index contributed by atoms with van der Waals surface area (Å²) in [6.07, 6.45) is 7.34. The predicted molar refractivity (Wildman–Crippen MR) is 135 cm³/mol. The summed E-state index contributed by atoms with van der Waals surface area (Å²) in [5.41, 5.74) is 3.99. The monoisotopic (exact) mass is 480 g/mol. The highest BCUT2D eigenvalue weighted by Crippen LogP contribution is 2.25. The van der Waals surface area contributed by atoms with E-state index in [1.165, 1.54) is 0 Å². The highest BCUT2D eigenvalue weighted by molar-refractivity contribution is 6.08. The number of benzene rings is 1. The number of para-hydroxylation sites is 1. The van der Waals surface area contributed by atoms with Crippen LogP contribution >= 0.6 is 0 Å². The maximum atomic E-state index is 13.3. The van der Waals surface area contributed by atoms with E-state index in [4.69, 9.17) is 9.40 Å². The Morgan fingerprint density at radius 3 is 2.72 bits per heavy atom. The van der Waals surface area contributed by atoms with Gasteiger partial charge in [-0.3, -0.25) is 14.6 Å². The van der Waals surface area contributed by atoms with Crippen LogP contribution in [0.3, 0.4) is 0 Å². The number of aryl methyl sites for hydroxylation is 1. The number of carbonyl (C=O) groups excluding carboxylic acids is 2. The zero-order valence-electron chi connectivity index (χ0n) is 19.6. The zero-order chi connectivity index (χ0) is 24.9. The number of anilines is 1. The van der Waals surface area contributed by atoms with Crippen molar-refractivity contribution in [3.8, 4) is 11.3 Å². The fourth-order valence-electron chi connectivity index (χ4n) is 3.96. The SMILES string of the molecule is CCc1ccccc1NC(=O)CNC(=O)c1cc(-c2cccnc2)nc2c1cnn2Cc1ccco1. The standard InChI is InChI=1S/C27H24N6O3/c1-2-18-7-3-4-10-23(18)31-25(34)16-29-27(35)21-13-24(19-8-5-11-28-14-19)32-26-22(21)15-30-33(26)17-20-9-6-12-36-20/h3-15H,2,16-17H2,1H3,(H,29,35)(H,31,34). The first-order chi connectivity index (χ1) is 17.6. The van der Waals surface area contributed by atoms with Crippen molar-refractivity contribution in [1.82, 2.24) is 25.1 Å². The Kier molecular flexibility index (Phi) is 6.53. The van der Waals surface area contributed by atoms with Crippen molar-refractivity contribution < 1.29 is 14.0 Å². The minimum atomic E-state index is -0.399. The molecule has 5 rings (SSSR count). The molecule has 0 fully saturated rings. The molecule has 2 N–H and O–H groups in total. The third-order valence-electron chi connectivity index (χ3n) is 5.78. The number of pyridine rings is 2. The molecule has 0 unspecified atom stereocenters. The fourth-order valence-corrected chi connectivity index (χ4v) is 3.96. The minimum Gasteiger partial charge on any atom is -0.467 e. The van der Waals surface area contributed by atoms with E-state index < -0.39 is 5.91 Å². The molecule has 2 amide bonds. The Labute approximate surface area is 207 Å². The van der Waals surface area contributed by atoms with Crippen LogP contribution in [0.15, 0.2) is 83.9 Å². The van der Waals surface area contributed by atoms with Gasteiger partial charge in [-0.05, 0) is 48.4 Å². The van der Waals surface area contributed by atoms with E-state index in [0.717, 1.165) is 23.2 Å². The molecule has 5 aromatic rings. The lowest BCUT2D eigenvalue weighted by Crippen LogP contribution is -2.33. The van der Waals surface area contributed by atoms with Crippen molar-refractivity contribution in [3.63, 3.8) is 0 Å². The van der Waals surface area contributed by atoms with Crippen LogP contribution < -0.4 is 10.6 Å². The number of hydrogen-bond donors (Lipinski definition) is 2. The Bertz CT molecular complexity index is 1510. The molecular formula is C27H24N6O3. The van der Waals surface area contributed by atoms with E-state index >= 15 is 0 Å². The van der Waals surface area contributed by atoms with E-state index in [0.29, 0.717) is 34.6 Å².